The molecule has 0 saturated heterocycles. The van der Waals surface area contributed by atoms with E-state index in [2.05, 4.69) is 0 Å². The topological polar surface area (TPSA) is 43.1 Å². The molecule has 0 amide bonds. The highest BCUT2D eigenvalue weighted by Crippen LogP contribution is 2.27. The first kappa shape index (κ1) is 10.3. The van der Waals surface area contributed by atoms with Crippen molar-refractivity contribution >= 4 is 22.1 Å². The van der Waals surface area contributed by atoms with Crippen LogP contribution < -0.4 is 5.73 Å². The highest BCUT2D eigenvalue weighted by Gasteiger charge is 2.24. The Kier molecular flexibility index (Phi) is 3.36. The van der Waals surface area contributed by atoms with Gasteiger partial charge in [0, 0.05) is 11.3 Å². The van der Waals surface area contributed by atoms with Crippen LogP contribution in [0.25, 0.3) is 0 Å². The summed E-state index contributed by atoms with van der Waals surface area (Å²) in [5.74, 6) is 0. The molecule has 1 aliphatic rings. The third-order valence-electron chi connectivity index (χ3n) is 2.71. The summed E-state index contributed by atoms with van der Waals surface area (Å²) in [5.41, 5.74) is 5.82. The Morgan fingerprint density at radius 3 is 2.64 bits per heavy atom. The standard InChI is InChI=1S/C10H15NOS2/c11-8-3-5-9(6-4-8)14(12)10-2-1-7-13-10/h1-2,7-9H,3-6,11H2. The van der Waals surface area contributed by atoms with Crippen molar-refractivity contribution in [2.75, 3.05) is 0 Å². The molecular weight excluding hydrogens is 214 g/mol. The average Bonchev–Trinajstić information content (AvgIpc) is 2.71. The fourth-order valence-corrected chi connectivity index (χ4v) is 4.49. The van der Waals surface area contributed by atoms with Crippen molar-refractivity contribution in [2.45, 2.75) is 41.2 Å². The van der Waals surface area contributed by atoms with E-state index in [0.717, 1.165) is 29.9 Å². The van der Waals surface area contributed by atoms with Crippen molar-refractivity contribution in [3.8, 4) is 0 Å². The first-order valence-corrected chi connectivity index (χ1v) is 7.06. The maximum absolute atomic E-state index is 12.0. The Labute approximate surface area is 91.0 Å². The van der Waals surface area contributed by atoms with Gasteiger partial charge in [0.1, 0.15) is 0 Å². The normalized spacial score (nSPS) is 30.1. The number of thiophene rings is 1. The van der Waals surface area contributed by atoms with E-state index in [1.54, 1.807) is 11.3 Å². The van der Waals surface area contributed by atoms with E-state index >= 15 is 0 Å². The van der Waals surface area contributed by atoms with E-state index in [0.29, 0.717) is 11.3 Å². The van der Waals surface area contributed by atoms with Gasteiger partial charge in [-0.3, -0.25) is 4.21 Å². The fraction of sp³-hybridized carbons (Fsp3) is 0.600. The van der Waals surface area contributed by atoms with Crippen LogP contribution in [0.4, 0.5) is 0 Å². The van der Waals surface area contributed by atoms with Crippen LogP contribution >= 0.6 is 11.3 Å². The summed E-state index contributed by atoms with van der Waals surface area (Å²) in [4.78, 5) is 0. The van der Waals surface area contributed by atoms with E-state index in [1.807, 2.05) is 17.5 Å². The van der Waals surface area contributed by atoms with E-state index < -0.39 is 10.8 Å². The molecule has 1 aromatic heterocycles. The van der Waals surface area contributed by atoms with E-state index in [-0.39, 0.29) is 0 Å². The van der Waals surface area contributed by atoms with Gasteiger partial charge in [-0.1, -0.05) is 6.07 Å². The zero-order valence-corrected chi connectivity index (χ0v) is 9.65. The summed E-state index contributed by atoms with van der Waals surface area (Å²) in [6.45, 7) is 0. The van der Waals surface area contributed by atoms with E-state index in [1.165, 1.54) is 0 Å². The molecule has 1 aromatic rings. The molecule has 4 heteroatoms. The van der Waals surface area contributed by atoms with Gasteiger partial charge < -0.3 is 5.73 Å². The minimum absolute atomic E-state index is 0.339. The predicted molar refractivity (Wildman–Crippen MR) is 61.0 cm³/mol. The second kappa shape index (κ2) is 4.55. The molecule has 1 fully saturated rings. The highest BCUT2D eigenvalue weighted by atomic mass is 32.2. The zero-order chi connectivity index (χ0) is 9.97. The lowest BCUT2D eigenvalue weighted by Gasteiger charge is -2.24. The Bertz CT molecular complexity index is 302. The molecule has 0 aromatic carbocycles. The van der Waals surface area contributed by atoms with Crippen LogP contribution in [0.2, 0.25) is 0 Å². The zero-order valence-electron chi connectivity index (χ0n) is 8.02. The summed E-state index contributed by atoms with van der Waals surface area (Å²) in [7, 11) is -0.791. The van der Waals surface area contributed by atoms with Crippen LogP contribution in [0, 0.1) is 0 Å². The lowest BCUT2D eigenvalue weighted by Crippen LogP contribution is -2.30. The van der Waals surface area contributed by atoms with Gasteiger partial charge in [-0.05, 0) is 37.1 Å². The smallest absolute Gasteiger partial charge is 0.0913 e. The lowest BCUT2D eigenvalue weighted by atomic mass is 9.96. The van der Waals surface area contributed by atoms with Gasteiger partial charge in [-0.15, -0.1) is 11.3 Å². The maximum Gasteiger partial charge on any atom is 0.0913 e. The first-order valence-electron chi connectivity index (χ1n) is 4.97. The van der Waals surface area contributed by atoms with Gasteiger partial charge in [-0.2, -0.15) is 0 Å². The minimum atomic E-state index is -0.791. The van der Waals surface area contributed by atoms with Crippen molar-refractivity contribution in [2.24, 2.45) is 5.73 Å². The molecule has 0 radical (unpaired) electrons. The first-order chi connectivity index (χ1) is 6.77. The Hall–Kier alpha value is -0.190. The summed E-state index contributed by atoms with van der Waals surface area (Å²) in [6, 6.07) is 4.27. The van der Waals surface area contributed by atoms with Crippen molar-refractivity contribution < 1.29 is 4.21 Å². The maximum atomic E-state index is 12.0. The second-order valence-electron chi connectivity index (χ2n) is 3.77. The Balaban J connectivity index is 1.99. The molecule has 14 heavy (non-hydrogen) atoms. The van der Waals surface area contributed by atoms with Gasteiger partial charge in [0.15, 0.2) is 0 Å². The van der Waals surface area contributed by atoms with Gasteiger partial charge in [0.05, 0.1) is 15.0 Å². The largest absolute Gasteiger partial charge is 0.328 e. The summed E-state index contributed by atoms with van der Waals surface area (Å²) in [6.07, 6.45) is 4.10. The molecule has 0 bridgehead atoms. The van der Waals surface area contributed by atoms with Crippen molar-refractivity contribution in [3.05, 3.63) is 17.5 Å². The third-order valence-corrected chi connectivity index (χ3v) is 5.77. The molecule has 1 aliphatic carbocycles. The van der Waals surface area contributed by atoms with Crippen LogP contribution in [-0.4, -0.2) is 15.5 Å². The average molecular weight is 229 g/mol. The van der Waals surface area contributed by atoms with Crippen molar-refractivity contribution in [3.63, 3.8) is 0 Å². The number of nitrogens with two attached hydrogens (primary N) is 1. The third kappa shape index (κ3) is 2.24. The van der Waals surface area contributed by atoms with Gasteiger partial charge >= 0.3 is 0 Å². The van der Waals surface area contributed by atoms with E-state index in [4.69, 9.17) is 5.73 Å². The van der Waals surface area contributed by atoms with Crippen LogP contribution in [-0.2, 0) is 10.8 Å². The summed E-state index contributed by atoms with van der Waals surface area (Å²) >= 11 is 1.59. The molecule has 2 N–H and O–H groups in total. The van der Waals surface area contributed by atoms with Crippen LogP contribution in [0.5, 0.6) is 0 Å². The Morgan fingerprint density at radius 2 is 2.07 bits per heavy atom. The quantitative estimate of drug-likeness (QED) is 0.844. The molecule has 1 saturated carbocycles. The van der Waals surface area contributed by atoms with Gasteiger partial charge in [0.2, 0.25) is 0 Å². The van der Waals surface area contributed by atoms with Crippen molar-refractivity contribution in [1.29, 1.82) is 0 Å². The van der Waals surface area contributed by atoms with Gasteiger partial charge in [-0.25, -0.2) is 0 Å². The molecule has 78 valence electrons. The summed E-state index contributed by atoms with van der Waals surface area (Å²) < 4.78 is 13.1. The number of hydrogen-bond donors (Lipinski definition) is 1. The SMILES string of the molecule is NC1CCC(S(=O)c2cccs2)CC1. The van der Waals surface area contributed by atoms with Crippen LogP contribution in [0.1, 0.15) is 25.7 Å². The predicted octanol–water partition coefficient (Wildman–Crippen LogP) is 2.13. The monoisotopic (exact) mass is 229 g/mol. The molecule has 1 unspecified atom stereocenters. The second-order valence-corrected chi connectivity index (χ2v) is 6.67. The fourth-order valence-electron chi connectivity index (χ4n) is 1.84. The molecule has 1 atom stereocenters. The molecule has 2 rings (SSSR count). The van der Waals surface area contributed by atoms with Crippen molar-refractivity contribution in [1.82, 2.24) is 0 Å². The highest BCUT2D eigenvalue weighted by molar-refractivity contribution is 7.87. The number of hydrogen-bond acceptors (Lipinski definition) is 3. The molecule has 1 heterocycles. The van der Waals surface area contributed by atoms with Crippen LogP contribution in [0.15, 0.2) is 21.7 Å². The molecule has 2 nitrogen and oxygen atoms in total. The van der Waals surface area contributed by atoms with Gasteiger partial charge in [0.25, 0.3) is 0 Å². The van der Waals surface area contributed by atoms with E-state index in [9.17, 15) is 4.21 Å². The Morgan fingerprint density at radius 1 is 1.36 bits per heavy atom. The minimum Gasteiger partial charge on any atom is -0.328 e. The molecule has 0 aliphatic heterocycles. The van der Waals surface area contributed by atoms with Crippen LogP contribution in [0.3, 0.4) is 0 Å². The molecular formula is C10H15NOS2. The number of rotatable bonds is 2. The summed E-state index contributed by atoms with van der Waals surface area (Å²) in [5, 5.41) is 2.33. The lowest BCUT2D eigenvalue weighted by molar-refractivity contribution is 0.444. The molecule has 0 spiro atoms.